The fourth-order valence-corrected chi connectivity index (χ4v) is 6.77. The minimum Gasteiger partial charge on any atom is -0.394 e. The summed E-state index contributed by atoms with van der Waals surface area (Å²) in [5.41, 5.74) is 30.1. The van der Waals surface area contributed by atoms with Gasteiger partial charge in [-0.1, -0.05) is 0 Å². The Morgan fingerprint density at radius 3 is 2.16 bits per heavy atom. The second-order valence-corrected chi connectivity index (χ2v) is 13.2. The number of carbonyl (C=O) groups is 1. The number of carbonyl (C=O) groups excluding carboxylic acids is 1. The normalized spacial score (nSPS) is 46.4. The zero-order chi connectivity index (χ0) is 33.0. The summed E-state index contributed by atoms with van der Waals surface area (Å²) >= 11 is 0. The molecular formula is C28H54N6O11. The SMILES string of the molecule is NCC[C@H](O)C(=O)C[C@@H]1C[C@H](N)[C@@H](O[C@H]2O[C@H](CNCC3CC(N)C3)[C@@H](O)C[C@H]2N)[C@H](O)[C@H]1O[C@H]1O[C@H](CO)[C@@H](O)[C@H](N)[C@H]1O. The van der Waals surface area contributed by atoms with E-state index in [1.807, 2.05) is 0 Å². The van der Waals surface area contributed by atoms with E-state index in [2.05, 4.69) is 5.32 Å². The lowest BCUT2D eigenvalue weighted by atomic mass is 9.76. The molecule has 0 radical (unpaired) electrons. The maximum Gasteiger partial charge on any atom is 0.186 e. The highest BCUT2D eigenvalue weighted by Gasteiger charge is 2.51. The van der Waals surface area contributed by atoms with Crippen LogP contribution in [0.2, 0.25) is 0 Å². The van der Waals surface area contributed by atoms with E-state index in [4.69, 9.17) is 47.6 Å². The average molecular weight is 651 g/mol. The van der Waals surface area contributed by atoms with E-state index in [9.17, 15) is 35.4 Å². The molecule has 2 saturated heterocycles. The second kappa shape index (κ2) is 16.4. The van der Waals surface area contributed by atoms with E-state index >= 15 is 0 Å². The lowest BCUT2D eigenvalue weighted by Crippen LogP contribution is -2.66. The number of rotatable bonds is 14. The molecule has 2 aliphatic heterocycles. The topological polar surface area (TPSA) is 318 Å². The molecule has 0 aromatic heterocycles. The van der Waals surface area contributed by atoms with E-state index in [0.717, 1.165) is 19.4 Å². The van der Waals surface area contributed by atoms with Gasteiger partial charge in [0.1, 0.15) is 36.6 Å². The van der Waals surface area contributed by atoms with Gasteiger partial charge in [-0.05, 0) is 57.0 Å². The smallest absolute Gasteiger partial charge is 0.186 e. The second-order valence-electron chi connectivity index (χ2n) is 13.2. The zero-order valence-corrected chi connectivity index (χ0v) is 25.5. The van der Waals surface area contributed by atoms with Crippen LogP contribution in [0.15, 0.2) is 0 Å². The zero-order valence-electron chi connectivity index (χ0n) is 25.5. The monoisotopic (exact) mass is 650 g/mol. The lowest BCUT2D eigenvalue weighted by Gasteiger charge is -2.48. The molecule has 17 N–H and O–H groups in total. The summed E-state index contributed by atoms with van der Waals surface area (Å²) in [7, 11) is 0. The first-order chi connectivity index (χ1) is 21.3. The van der Waals surface area contributed by atoms with Gasteiger partial charge in [-0.2, -0.15) is 0 Å². The summed E-state index contributed by atoms with van der Waals surface area (Å²) < 4.78 is 23.8. The number of aliphatic hydroxyl groups is 6. The average Bonchev–Trinajstić information content (AvgIpc) is 2.98. The molecular weight excluding hydrogens is 596 g/mol. The van der Waals surface area contributed by atoms with Gasteiger partial charge in [0.2, 0.25) is 0 Å². The van der Waals surface area contributed by atoms with Crippen LogP contribution in [0.3, 0.4) is 0 Å². The van der Waals surface area contributed by atoms with Crippen LogP contribution < -0.4 is 34.0 Å². The van der Waals surface area contributed by atoms with Crippen LogP contribution in [0.4, 0.5) is 0 Å². The van der Waals surface area contributed by atoms with Gasteiger partial charge >= 0.3 is 0 Å². The highest BCUT2D eigenvalue weighted by Crippen LogP contribution is 2.36. The van der Waals surface area contributed by atoms with Crippen LogP contribution in [0.1, 0.15) is 38.5 Å². The van der Waals surface area contributed by atoms with Crippen molar-refractivity contribution in [2.75, 3.05) is 26.2 Å². The Morgan fingerprint density at radius 2 is 1.51 bits per heavy atom. The van der Waals surface area contributed by atoms with Gasteiger partial charge in [-0.25, -0.2) is 0 Å². The molecule has 2 saturated carbocycles. The number of hydrogen-bond acceptors (Lipinski definition) is 17. The number of hydrogen-bond donors (Lipinski definition) is 12. The molecule has 17 nitrogen and oxygen atoms in total. The molecule has 262 valence electrons. The molecule has 0 aromatic rings. The first-order valence-electron chi connectivity index (χ1n) is 15.9. The van der Waals surface area contributed by atoms with E-state index in [0.29, 0.717) is 12.5 Å². The summed E-state index contributed by atoms with van der Waals surface area (Å²) in [5.74, 6) is -0.828. The summed E-state index contributed by atoms with van der Waals surface area (Å²) in [6.45, 7) is 0.540. The van der Waals surface area contributed by atoms with Crippen LogP contribution in [-0.4, -0.2) is 154 Å². The van der Waals surface area contributed by atoms with Crippen molar-refractivity contribution in [3.8, 4) is 0 Å². The lowest BCUT2D eigenvalue weighted by molar-refractivity contribution is -0.320. The van der Waals surface area contributed by atoms with Crippen molar-refractivity contribution >= 4 is 5.78 Å². The molecule has 0 aromatic carbocycles. The molecule has 45 heavy (non-hydrogen) atoms. The first kappa shape index (κ1) is 36.9. The van der Waals surface area contributed by atoms with E-state index in [1.165, 1.54) is 0 Å². The number of ketones is 1. The quantitative estimate of drug-likeness (QED) is 0.0832. The van der Waals surface area contributed by atoms with Crippen LogP contribution in [0, 0.1) is 11.8 Å². The molecule has 0 bridgehead atoms. The fourth-order valence-electron chi connectivity index (χ4n) is 6.77. The summed E-state index contributed by atoms with van der Waals surface area (Å²) in [6.07, 6.45) is -11.4. The highest BCUT2D eigenvalue weighted by atomic mass is 16.7. The maximum absolute atomic E-state index is 12.8. The van der Waals surface area contributed by atoms with E-state index in [1.54, 1.807) is 0 Å². The fraction of sp³-hybridized carbons (Fsp3) is 0.964. The van der Waals surface area contributed by atoms with Crippen molar-refractivity contribution in [2.24, 2.45) is 40.5 Å². The van der Waals surface area contributed by atoms with Crippen LogP contribution in [0.25, 0.3) is 0 Å². The summed E-state index contributed by atoms with van der Waals surface area (Å²) in [5, 5.41) is 66.4. The minimum absolute atomic E-state index is 0.0414. The van der Waals surface area contributed by atoms with Crippen molar-refractivity contribution in [2.45, 2.75) is 130 Å². The number of nitrogens with two attached hydrogens (primary N) is 5. The molecule has 15 atom stereocenters. The Balaban J connectivity index is 1.47. The molecule has 4 fully saturated rings. The van der Waals surface area contributed by atoms with Crippen LogP contribution in [-0.2, 0) is 23.7 Å². The Bertz CT molecular complexity index is 935. The predicted molar refractivity (Wildman–Crippen MR) is 158 cm³/mol. The van der Waals surface area contributed by atoms with Gasteiger partial charge in [0.15, 0.2) is 18.4 Å². The first-order valence-corrected chi connectivity index (χ1v) is 15.9. The van der Waals surface area contributed by atoms with E-state index in [-0.39, 0.29) is 38.3 Å². The van der Waals surface area contributed by atoms with Crippen molar-refractivity contribution in [3.63, 3.8) is 0 Å². The number of nitrogens with one attached hydrogen (secondary N) is 1. The standard InChI is InChI=1S/C28H54N6O11/c29-2-1-16(36)17(37)6-12-5-14(31)26(24(41)25(12)44-28-23(40)21(33)22(39)20(10-35)43-28)45-27-15(32)7-18(38)19(42-27)9-34-8-11-3-13(30)4-11/h11-16,18-28,34-36,38-41H,1-10,29-33H2/t11?,12-,13?,14-,15+,16-,18-,19+,20+,21-,22+,23+,24+,25-,26+,27+,28+/m0/s1. The van der Waals surface area contributed by atoms with Gasteiger partial charge in [-0.15, -0.1) is 0 Å². The molecule has 0 amide bonds. The third kappa shape index (κ3) is 8.94. The van der Waals surface area contributed by atoms with Crippen LogP contribution in [0.5, 0.6) is 0 Å². The Hall–Kier alpha value is -0.970. The third-order valence-electron chi connectivity index (χ3n) is 9.58. The third-order valence-corrected chi connectivity index (χ3v) is 9.58. The van der Waals surface area contributed by atoms with Gasteiger partial charge in [0, 0.05) is 25.0 Å². The van der Waals surface area contributed by atoms with Crippen molar-refractivity contribution < 1.29 is 54.4 Å². The maximum atomic E-state index is 12.8. The summed E-state index contributed by atoms with van der Waals surface area (Å²) in [6, 6.07) is -2.60. The van der Waals surface area contributed by atoms with Gasteiger partial charge in [-0.3, -0.25) is 4.79 Å². The molecule has 17 heteroatoms. The Morgan fingerprint density at radius 1 is 0.844 bits per heavy atom. The Labute approximate surface area is 262 Å². The molecule has 0 unspecified atom stereocenters. The van der Waals surface area contributed by atoms with Gasteiger partial charge in [0.05, 0.1) is 37.0 Å². The predicted octanol–water partition coefficient (Wildman–Crippen LogP) is -5.97. The molecule has 4 rings (SSSR count). The van der Waals surface area contributed by atoms with Crippen molar-refractivity contribution in [1.82, 2.24) is 5.32 Å². The number of ether oxygens (including phenoxy) is 4. The Kier molecular flexibility index (Phi) is 13.5. The number of aliphatic hydroxyl groups excluding tert-OH is 6. The van der Waals surface area contributed by atoms with Crippen molar-refractivity contribution in [3.05, 3.63) is 0 Å². The van der Waals surface area contributed by atoms with E-state index < -0.39 is 104 Å². The number of Topliss-reactive ketones (excluding diaryl/α,β-unsaturated/α-hetero) is 1. The van der Waals surface area contributed by atoms with Crippen LogP contribution >= 0.6 is 0 Å². The van der Waals surface area contributed by atoms with Crippen molar-refractivity contribution in [1.29, 1.82) is 0 Å². The largest absolute Gasteiger partial charge is 0.394 e. The molecule has 4 aliphatic rings. The highest BCUT2D eigenvalue weighted by molar-refractivity contribution is 5.83. The minimum atomic E-state index is -1.55. The summed E-state index contributed by atoms with van der Waals surface area (Å²) in [4.78, 5) is 12.8. The molecule has 2 aliphatic carbocycles. The van der Waals surface area contributed by atoms with Gasteiger partial charge in [0.25, 0.3) is 0 Å². The van der Waals surface area contributed by atoms with Gasteiger partial charge < -0.3 is 83.6 Å². The molecule has 2 heterocycles. The molecule has 0 spiro atoms.